The van der Waals surface area contributed by atoms with Crippen LogP contribution in [0.2, 0.25) is 0 Å². The van der Waals surface area contributed by atoms with Crippen molar-refractivity contribution in [1.82, 2.24) is 0 Å². The van der Waals surface area contributed by atoms with Crippen LogP contribution in [0.5, 0.6) is 11.5 Å². The zero-order valence-electron chi connectivity index (χ0n) is 8.20. The molecule has 0 saturated carbocycles. The Morgan fingerprint density at radius 2 is 2.33 bits per heavy atom. The third-order valence-corrected chi connectivity index (χ3v) is 2.61. The lowest BCUT2D eigenvalue weighted by Gasteiger charge is -2.12. The largest absolute Gasteiger partial charge is 0.503 e. The zero-order valence-corrected chi connectivity index (χ0v) is 9.78. The third-order valence-electron chi connectivity index (χ3n) is 2.01. The summed E-state index contributed by atoms with van der Waals surface area (Å²) < 4.78 is 5.48. The quantitative estimate of drug-likeness (QED) is 0.882. The first-order valence-electron chi connectivity index (χ1n) is 4.29. The molecule has 0 aliphatic rings. The number of phenols is 1. The van der Waals surface area contributed by atoms with Crippen LogP contribution < -0.4 is 10.5 Å². The van der Waals surface area contributed by atoms with Gasteiger partial charge in [0, 0.05) is 6.04 Å². The lowest BCUT2D eigenvalue weighted by Crippen LogP contribution is -2.09. The molecule has 0 heterocycles. The molecule has 0 unspecified atom stereocenters. The van der Waals surface area contributed by atoms with Crippen LogP contribution in [0.4, 0.5) is 0 Å². The lowest BCUT2D eigenvalue weighted by atomic mass is 10.0. The Labute approximate surface area is 96.4 Å². The fourth-order valence-corrected chi connectivity index (χ4v) is 1.64. The minimum atomic E-state index is -0.374. The molecule has 0 spiro atoms. The van der Waals surface area contributed by atoms with Crippen LogP contribution in [0, 0.1) is 11.3 Å². The average Bonchev–Trinajstić information content (AvgIpc) is 2.22. The van der Waals surface area contributed by atoms with Crippen LogP contribution in [0.25, 0.3) is 0 Å². The third kappa shape index (κ3) is 2.61. The van der Waals surface area contributed by atoms with Crippen molar-refractivity contribution in [2.75, 3.05) is 7.11 Å². The van der Waals surface area contributed by atoms with Crippen molar-refractivity contribution in [2.45, 2.75) is 12.5 Å². The smallest absolute Gasteiger partial charge is 0.172 e. The van der Waals surface area contributed by atoms with Crippen molar-refractivity contribution in [3.63, 3.8) is 0 Å². The van der Waals surface area contributed by atoms with E-state index in [-0.39, 0.29) is 18.2 Å². The second-order valence-electron chi connectivity index (χ2n) is 3.02. The van der Waals surface area contributed by atoms with Gasteiger partial charge >= 0.3 is 0 Å². The van der Waals surface area contributed by atoms with Gasteiger partial charge < -0.3 is 15.6 Å². The molecule has 1 rings (SSSR count). The van der Waals surface area contributed by atoms with Gasteiger partial charge in [0.1, 0.15) is 0 Å². The van der Waals surface area contributed by atoms with Crippen LogP contribution in [0.1, 0.15) is 18.0 Å². The highest BCUT2D eigenvalue weighted by molar-refractivity contribution is 9.10. The van der Waals surface area contributed by atoms with Crippen molar-refractivity contribution in [1.29, 1.82) is 5.26 Å². The number of halogens is 1. The van der Waals surface area contributed by atoms with Crippen molar-refractivity contribution < 1.29 is 9.84 Å². The summed E-state index contributed by atoms with van der Waals surface area (Å²) in [5, 5.41) is 18.1. The second-order valence-corrected chi connectivity index (χ2v) is 3.88. The first-order valence-corrected chi connectivity index (χ1v) is 5.08. The maximum absolute atomic E-state index is 9.56. The first kappa shape index (κ1) is 11.8. The van der Waals surface area contributed by atoms with E-state index in [9.17, 15) is 5.11 Å². The number of rotatable bonds is 3. The minimum absolute atomic E-state index is 0.0328. The predicted molar refractivity (Wildman–Crippen MR) is 59.5 cm³/mol. The van der Waals surface area contributed by atoms with E-state index in [1.54, 1.807) is 12.1 Å². The molecular weight excluding hydrogens is 260 g/mol. The molecule has 4 nitrogen and oxygen atoms in total. The van der Waals surface area contributed by atoms with E-state index >= 15 is 0 Å². The van der Waals surface area contributed by atoms with Gasteiger partial charge in [-0.1, -0.05) is 0 Å². The highest BCUT2D eigenvalue weighted by Gasteiger charge is 2.12. The van der Waals surface area contributed by atoms with Gasteiger partial charge in [0.15, 0.2) is 11.5 Å². The minimum Gasteiger partial charge on any atom is -0.503 e. The highest BCUT2D eigenvalue weighted by atomic mass is 79.9. The fourth-order valence-electron chi connectivity index (χ4n) is 1.18. The molecular formula is C10H11BrN2O2. The van der Waals surface area contributed by atoms with Crippen molar-refractivity contribution in [3.8, 4) is 17.6 Å². The van der Waals surface area contributed by atoms with Crippen molar-refractivity contribution in [3.05, 3.63) is 22.2 Å². The van der Waals surface area contributed by atoms with Gasteiger partial charge in [-0.2, -0.15) is 5.26 Å². The molecule has 0 aliphatic heterocycles. The van der Waals surface area contributed by atoms with Gasteiger partial charge in [-0.05, 0) is 33.6 Å². The molecule has 5 heteroatoms. The standard InChI is InChI=1S/C10H11BrN2O2/c1-15-9-5-6(8(13)2-3-12)4-7(11)10(9)14/h4-5,8,14H,2,13H2,1H3/t8-/m1/s1. The maximum Gasteiger partial charge on any atom is 0.172 e. The molecule has 0 bridgehead atoms. The van der Waals surface area contributed by atoms with Gasteiger partial charge in [0.25, 0.3) is 0 Å². The Kier molecular flexibility index (Phi) is 3.95. The lowest BCUT2D eigenvalue weighted by molar-refractivity contribution is 0.371. The van der Waals surface area contributed by atoms with Gasteiger partial charge in [-0.25, -0.2) is 0 Å². The summed E-state index contributed by atoms with van der Waals surface area (Å²) in [4.78, 5) is 0. The number of hydrogen-bond acceptors (Lipinski definition) is 4. The Bertz CT molecular complexity index is 401. The van der Waals surface area contributed by atoms with Crippen LogP contribution in [-0.2, 0) is 0 Å². The molecule has 0 radical (unpaired) electrons. The zero-order chi connectivity index (χ0) is 11.4. The summed E-state index contributed by atoms with van der Waals surface area (Å²) in [5.74, 6) is 0.373. The van der Waals surface area contributed by atoms with Crippen LogP contribution in [-0.4, -0.2) is 12.2 Å². The number of nitriles is 1. The summed E-state index contributed by atoms with van der Waals surface area (Å²) in [7, 11) is 1.46. The number of nitrogens with two attached hydrogens (primary N) is 1. The number of hydrogen-bond donors (Lipinski definition) is 2. The maximum atomic E-state index is 9.56. The van der Waals surface area contributed by atoms with Gasteiger partial charge in [-0.15, -0.1) is 0 Å². The first-order chi connectivity index (χ1) is 7.10. The molecule has 1 aromatic carbocycles. The number of aromatic hydroxyl groups is 1. The SMILES string of the molecule is COc1cc([C@H](N)CC#N)cc(Br)c1O. The molecule has 0 aromatic heterocycles. The van der Waals surface area contributed by atoms with Crippen molar-refractivity contribution in [2.24, 2.45) is 5.73 Å². The molecule has 0 aliphatic carbocycles. The Balaban J connectivity index is 3.11. The number of nitrogens with zero attached hydrogens (tertiary/aromatic N) is 1. The van der Waals surface area contributed by atoms with Crippen LogP contribution >= 0.6 is 15.9 Å². The summed E-state index contributed by atoms with van der Waals surface area (Å²) in [6, 6.07) is 4.93. The van der Waals surface area contributed by atoms with E-state index in [0.717, 1.165) is 5.56 Å². The summed E-state index contributed by atoms with van der Waals surface area (Å²) >= 11 is 3.19. The number of benzene rings is 1. The topological polar surface area (TPSA) is 79.3 Å². The Morgan fingerprint density at radius 3 is 2.87 bits per heavy atom. The van der Waals surface area contributed by atoms with E-state index in [1.807, 2.05) is 6.07 Å². The molecule has 0 saturated heterocycles. The normalized spacial score (nSPS) is 11.9. The monoisotopic (exact) mass is 270 g/mol. The molecule has 0 amide bonds. The average molecular weight is 271 g/mol. The molecule has 0 fully saturated rings. The fraction of sp³-hybridized carbons (Fsp3) is 0.300. The number of methoxy groups -OCH3 is 1. The molecule has 80 valence electrons. The molecule has 15 heavy (non-hydrogen) atoms. The van der Waals surface area contributed by atoms with E-state index in [1.165, 1.54) is 7.11 Å². The van der Waals surface area contributed by atoms with Gasteiger partial charge in [0.05, 0.1) is 24.1 Å². The Morgan fingerprint density at radius 1 is 1.67 bits per heavy atom. The number of phenolic OH excluding ortho intramolecular Hbond substituents is 1. The highest BCUT2D eigenvalue weighted by Crippen LogP contribution is 2.36. The summed E-state index contributed by atoms with van der Waals surface area (Å²) in [6.45, 7) is 0. The molecule has 1 atom stereocenters. The van der Waals surface area contributed by atoms with Crippen LogP contribution in [0.3, 0.4) is 0 Å². The van der Waals surface area contributed by atoms with E-state index in [0.29, 0.717) is 10.2 Å². The van der Waals surface area contributed by atoms with E-state index in [4.69, 9.17) is 15.7 Å². The van der Waals surface area contributed by atoms with Gasteiger partial charge in [-0.3, -0.25) is 0 Å². The Hall–Kier alpha value is -1.25. The van der Waals surface area contributed by atoms with Gasteiger partial charge in [0.2, 0.25) is 0 Å². The van der Waals surface area contributed by atoms with Crippen LogP contribution in [0.15, 0.2) is 16.6 Å². The van der Waals surface area contributed by atoms with E-state index in [2.05, 4.69) is 15.9 Å². The summed E-state index contributed by atoms with van der Waals surface area (Å²) in [5.41, 5.74) is 6.52. The predicted octanol–water partition coefficient (Wildman–Crippen LogP) is 2.08. The van der Waals surface area contributed by atoms with E-state index < -0.39 is 0 Å². The number of ether oxygens (including phenoxy) is 1. The molecule has 1 aromatic rings. The van der Waals surface area contributed by atoms with Crippen molar-refractivity contribution >= 4 is 15.9 Å². The molecule has 3 N–H and O–H groups in total. The second kappa shape index (κ2) is 5.01. The summed E-state index contributed by atoms with van der Waals surface area (Å²) in [6.07, 6.45) is 0.223.